The third-order valence-electron chi connectivity index (χ3n) is 6.99. The highest BCUT2D eigenvalue weighted by atomic mass is 16.5. The number of fused-ring (bicyclic) bond motifs is 1. The van der Waals surface area contributed by atoms with E-state index in [2.05, 4.69) is 77.7 Å². The van der Waals surface area contributed by atoms with E-state index < -0.39 is 5.41 Å². The average Bonchev–Trinajstić information content (AvgIpc) is 3.50. The number of ether oxygens (including phenoxy) is 1. The number of nitrogens with zero attached hydrogens (tertiary/aromatic N) is 2. The van der Waals surface area contributed by atoms with Crippen molar-refractivity contribution in [2.24, 2.45) is 5.92 Å². The van der Waals surface area contributed by atoms with Gasteiger partial charge in [-0.05, 0) is 53.6 Å². The summed E-state index contributed by atoms with van der Waals surface area (Å²) >= 11 is 0. The smallest absolute Gasteiger partial charge is 0.122 e. The highest BCUT2D eigenvalue weighted by Crippen LogP contribution is 2.43. The van der Waals surface area contributed by atoms with Crippen LogP contribution in [0.15, 0.2) is 78.9 Å². The predicted octanol–water partition coefficient (Wildman–Crippen LogP) is 5.00. The second-order valence-electron chi connectivity index (χ2n) is 8.73. The lowest BCUT2D eigenvalue weighted by atomic mass is 9.66. The Morgan fingerprint density at radius 2 is 1.68 bits per heavy atom. The first-order chi connectivity index (χ1) is 15.3. The van der Waals surface area contributed by atoms with Crippen molar-refractivity contribution in [1.82, 2.24) is 4.90 Å². The summed E-state index contributed by atoms with van der Waals surface area (Å²) in [6, 6.07) is 30.1. The van der Waals surface area contributed by atoms with Gasteiger partial charge in [0, 0.05) is 19.5 Å². The maximum Gasteiger partial charge on any atom is 0.122 e. The van der Waals surface area contributed by atoms with Crippen LogP contribution in [-0.2, 0) is 18.3 Å². The molecule has 5 rings (SSSR count). The van der Waals surface area contributed by atoms with Crippen LogP contribution < -0.4 is 4.74 Å². The van der Waals surface area contributed by atoms with Crippen LogP contribution >= 0.6 is 0 Å². The molecule has 3 nitrogen and oxygen atoms in total. The van der Waals surface area contributed by atoms with E-state index in [0.29, 0.717) is 0 Å². The Morgan fingerprint density at radius 3 is 2.35 bits per heavy atom. The molecule has 0 aromatic heterocycles. The van der Waals surface area contributed by atoms with Crippen LogP contribution in [-0.4, -0.2) is 31.1 Å². The van der Waals surface area contributed by atoms with E-state index in [9.17, 15) is 5.26 Å². The zero-order valence-electron chi connectivity index (χ0n) is 17.8. The first-order valence-electron chi connectivity index (χ1n) is 11.3. The van der Waals surface area contributed by atoms with Gasteiger partial charge in [-0.15, -0.1) is 0 Å². The molecule has 0 aliphatic carbocycles. The van der Waals surface area contributed by atoms with Crippen LogP contribution in [0.3, 0.4) is 0 Å². The highest BCUT2D eigenvalue weighted by molar-refractivity contribution is 5.47. The lowest BCUT2D eigenvalue weighted by Crippen LogP contribution is -2.37. The van der Waals surface area contributed by atoms with Gasteiger partial charge in [0.25, 0.3) is 0 Å². The summed E-state index contributed by atoms with van der Waals surface area (Å²) in [4.78, 5) is 2.53. The molecule has 0 N–H and O–H groups in total. The molecule has 0 unspecified atom stereocenters. The number of likely N-dealkylation sites (tertiary alicyclic amines) is 1. The van der Waals surface area contributed by atoms with Crippen LogP contribution in [0.5, 0.6) is 5.75 Å². The summed E-state index contributed by atoms with van der Waals surface area (Å²) < 4.78 is 5.64. The van der Waals surface area contributed by atoms with Crippen molar-refractivity contribution in [1.29, 1.82) is 5.26 Å². The maximum absolute atomic E-state index is 10.5. The normalized spacial score (nSPS) is 18.4. The Kier molecular flexibility index (Phi) is 5.49. The summed E-state index contributed by atoms with van der Waals surface area (Å²) in [7, 11) is 0. The van der Waals surface area contributed by atoms with E-state index >= 15 is 0 Å². The first-order valence-corrected chi connectivity index (χ1v) is 11.3. The molecule has 1 atom stereocenters. The molecule has 1 saturated heterocycles. The van der Waals surface area contributed by atoms with Crippen molar-refractivity contribution in [2.45, 2.75) is 24.7 Å². The lowest BCUT2D eigenvalue weighted by Gasteiger charge is -2.34. The molecule has 3 aromatic carbocycles. The fourth-order valence-electron chi connectivity index (χ4n) is 5.33. The molecule has 0 bridgehead atoms. The van der Waals surface area contributed by atoms with Crippen molar-refractivity contribution < 1.29 is 4.74 Å². The number of hydrogen-bond acceptors (Lipinski definition) is 3. The maximum atomic E-state index is 10.5. The van der Waals surface area contributed by atoms with E-state index in [1.807, 2.05) is 12.1 Å². The quantitative estimate of drug-likeness (QED) is 0.576. The summed E-state index contributed by atoms with van der Waals surface area (Å²) in [6.45, 7) is 3.83. The fraction of sp³-hybridized carbons (Fsp3) is 0.321. The molecule has 0 radical (unpaired) electrons. The standard InChI is InChI=1S/C28H28N2O/c29-21-28(24-7-3-1-4-8-24,25-9-5-2-6-10-25)26-14-17-30(20-26)16-13-22-11-12-27-23(19-22)15-18-31-27/h1-12,19,26H,13-18,20H2/t26-/m0/s1. The molecular formula is C28H28N2O. The molecule has 2 aliphatic rings. The third-order valence-corrected chi connectivity index (χ3v) is 6.99. The summed E-state index contributed by atoms with van der Waals surface area (Å²) in [6.07, 6.45) is 3.10. The van der Waals surface area contributed by atoms with Gasteiger partial charge in [-0.3, -0.25) is 0 Å². The fourth-order valence-corrected chi connectivity index (χ4v) is 5.33. The van der Waals surface area contributed by atoms with Gasteiger partial charge in [0.15, 0.2) is 0 Å². The summed E-state index contributed by atoms with van der Waals surface area (Å²) in [5.74, 6) is 1.32. The van der Waals surface area contributed by atoms with Crippen molar-refractivity contribution in [3.8, 4) is 11.8 Å². The summed E-state index contributed by atoms with van der Waals surface area (Å²) in [5.41, 5.74) is 4.32. The minimum atomic E-state index is -0.609. The highest BCUT2D eigenvalue weighted by Gasteiger charge is 2.45. The van der Waals surface area contributed by atoms with Gasteiger partial charge in [-0.2, -0.15) is 5.26 Å². The Bertz CT molecular complexity index is 1030. The zero-order valence-corrected chi connectivity index (χ0v) is 17.8. The van der Waals surface area contributed by atoms with Crippen molar-refractivity contribution >= 4 is 0 Å². The van der Waals surface area contributed by atoms with E-state index in [0.717, 1.165) is 62.4 Å². The molecule has 0 saturated carbocycles. The van der Waals surface area contributed by atoms with Crippen LogP contribution in [0.1, 0.15) is 28.7 Å². The second kappa shape index (κ2) is 8.57. The van der Waals surface area contributed by atoms with E-state index in [1.54, 1.807) is 0 Å². The van der Waals surface area contributed by atoms with Gasteiger partial charge in [0.1, 0.15) is 11.2 Å². The molecular weight excluding hydrogens is 380 g/mol. The zero-order chi connectivity index (χ0) is 21.1. The Labute approximate surface area is 184 Å². The molecule has 0 amide bonds. The molecule has 3 heteroatoms. The van der Waals surface area contributed by atoms with Crippen molar-refractivity contribution in [3.05, 3.63) is 101 Å². The molecule has 0 spiro atoms. The second-order valence-corrected chi connectivity index (χ2v) is 8.73. The minimum absolute atomic E-state index is 0.274. The largest absolute Gasteiger partial charge is 0.493 e. The average molecular weight is 409 g/mol. The molecule has 1 fully saturated rings. The summed E-state index contributed by atoms with van der Waals surface area (Å²) in [5, 5.41) is 10.5. The first kappa shape index (κ1) is 19.8. The monoisotopic (exact) mass is 408 g/mol. The molecule has 3 aromatic rings. The molecule has 2 aliphatic heterocycles. The Balaban J connectivity index is 1.35. The lowest BCUT2D eigenvalue weighted by molar-refractivity contribution is 0.308. The van der Waals surface area contributed by atoms with Gasteiger partial charge in [-0.25, -0.2) is 0 Å². The third kappa shape index (κ3) is 3.73. The van der Waals surface area contributed by atoms with Crippen LogP contribution in [0, 0.1) is 17.2 Å². The minimum Gasteiger partial charge on any atom is -0.493 e. The van der Waals surface area contributed by atoms with Crippen molar-refractivity contribution in [3.63, 3.8) is 0 Å². The molecule has 31 heavy (non-hydrogen) atoms. The topological polar surface area (TPSA) is 36.3 Å². The van der Waals surface area contributed by atoms with Gasteiger partial charge in [-0.1, -0.05) is 72.8 Å². The number of nitriles is 1. The van der Waals surface area contributed by atoms with Gasteiger partial charge in [0.05, 0.1) is 12.7 Å². The Morgan fingerprint density at radius 1 is 0.968 bits per heavy atom. The predicted molar refractivity (Wildman–Crippen MR) is 123 cm³/mol. The molecule has 2 heterocycles. The SMILES string of the molecule is N#CC(c1ccccc1)(c1ccccc1)[C@H]1CCN(CCc2ccc3c(c2)CCO3)C1. The van der Waals surface area contributed by atoms with Crippen LogP contribution in [0.25, 0.3) is 0 Å². The van der Waals surface area contributed by atoms with E-state index in [4.69, 9.17) is 4.74 Å². The van der Waals surface area contributed by atoms with Gasteiger partial charge < -0.3 is 9.64 Å². The van der Waals surface area contributed by atoms with Crippen LogP contribution in [0.2, 0.25) is 0 Å². The van der Waals surface area contributed by atoms with Gasteiger partial charge in [0.2, 0.25) is 0 Å². The van der Waals surface area contributed by atoms with Crippen molar-refractivity contribution in [2.75, 3.05) is 26.2 Å². The number of benzene rings is 3. The number of hydrogen-bond donors (Lipinski definition) is 0. The Hall–Kier alpha value is -3.09. The number of rotatable bonds is 6. The van der Waals surface area contributed by atoms with Crippen LogP contribution in [0.4, 0.5) is 0 Å². The van der Waals surface area contributed by atoms with Gasteiger partial charge >= 0.3 is 0 Å². The van der Waals surface area contributed by atoms with E-state index in [1.165, 1.54) is 11.1 Å². The van der Waals surface area contributed by atoms with E-state index in [-0.39, 0.29) is 5.92 Å². The molecule has 156 valence electrons.